The predicted octanol–water partition coefficient (Wildman–Crippen LogP) is 0.917. The molecular weight excluding hydrogens is 239 g/mol. The molecule has 0 saturated heterocycles. The van der Waals surface area contributed by atoms with E-state index in [0.717, 1.165) is 18.2 Å². The maximum Gasteiger partial charge on any atom is 0.255 e. The second-order valence-corrected chi connectivity index (χ2v) is 3.84. The van der Waals surface area contributed by atoms with E-state index < -0.39 is 11.7 Å². The highest BCUT2D eigenvalue weighted by molar-refractivity contribution is 5.96. The lowest BCUT2D eigenvalue weighted by Crippen LogP contribution is -2.25. The molecule has 98 valence electrons. The van der Waals surface area contributed by atoms with Crippen LogP contribution >= 0.6 is 0 Å². The monoisotopic (exact) mass is 254 g/mol. The summed E-state index contributed by atoms with van der Waals surface area (Å²) < 4.78 is 12.9. The van der Waals surface area contributed by atoms with E-state index in [-0.39, 0.29) is 23.6 Å². The molecule has 0 heterocycles. The number of carbonyl (C=O) groups excluding carboxylic acids is 2. The number of nitrogens with two attached hydrogens (primary N) is 1. The van der Waals surface area contributed by atoms with Crippen molar-refractivity contribution in [1.29, 1.82) is 0 Å². The number of benzene rings is 1. The van der Waals surface area contributed by atoms with E-state index in [1.165, 1.54) is 0 Å². The van der Waals surface area contributed by atoms with Crippen LogP contribution in [0.1, 0.15) is 29.6 Å². The topological polar surface area (TPSA) is 92.4 Å². The zero-order chi connectivity index (χ0) is 13.5. The van der Waals surface area contributed by atoms with Crippen molar-refractivity contribution in [2.45, 2.75) is 19.3 Å². The van der Waals surface area contributed by atoms with Gasteiger partial charge in [0.05, 0.1) is 5.56 Å². The Hall–Kier alpha value is -2.11. The fourth-order valence-corrected chi connectivity index (χ4v) is 1.41. The van der Waals surface area contributed by atoms with E-state index in [9.17, 15) is 19.1 Å². The van der Waals surface area contributed by atoms with Crippen LogP contribution in [-0.4, -0.2) is 23.5 Å². The van der Waals surface area contributed by atoms with Gasteiger partial charge in [-0.05, 0) is 31.0 Å². The van der Waals surface area contributed by atoms with Gasteiger partial charge in [0.25, 0.3) is 5.91 Å². The molecule has 0 saturated carbocycles. The van der Waals surface area contributed by atoms with Crippen LogP contribution in [0.5, 0.6) is 5.75 Å². The van der Waals surface area contributed by atoms with Gasteiger partial charge in [0.1, 0.15) is 11.6 Å². The Kier molecular flexibility index (Phi) is 5.10. The Bertz CT molecular complexity index is 449. The van der Waals surface area contributed by atoms with Crippen LogP contribution in [0.4, 0.5) is 4.39 Å². The number of amides is 2. The lowest BCUT2D eigenvalue weighted by molar-refractivity contribution is -0.118. The minimum Gasteiger partial charge on any atom is -0.507 e. The number of phenols is 1. The van der Waals surface area contributed by atoms with Crippen LogP contribution in [-0.2, 0) is 4.79 Å². The minimum atomic E-state index is -0.591. The molecule has 0 bridgehead atoms. The maximum absolute atomic E-state index is 12.9. The minimum absolute atomic E-state index is 0.107. The van der Waals surface area contributed by atoms with Crippen LogP contribution in [0.25, 0.3) is 0 Å². The van der Waals surface area contributed by atoms with Crippen molar-refractivity contribution in [3.05, 3.63) is 29.6 Å². The van der Waals surface area contributed by atoms with Gasteiger partial charge in [-0.3, -0.25) is 9.59 Å². The molecule has 0 unspecified atom stereocenters. The van der Waals surface area contributed by atoms with E-state index >= 15 is 0 Å². The van der Waals surface area contributed by atoms with Gasteiger partial charge in [-0.2, -0.15) is 0 Å². The van der Waals surface area contributed by atoms with Gasteiger partial charge in [0.15, 0.2) is 0 Å². The smallest absolute Gasteiger partial charge is 0.255 e. The first-order chi connectivity index (χ1) is 8.50. The second kappa shape index (κ2) is 6.58. The van der Waals surface area contributed by atoms with Crippen LogP contribution in [0.15, 0.2) is 18.2 Å². The Labute approximate surface area is 104 Å². The Morgan fingerprint density at radius 1 is 1.33 bits per heavy atom. The molecule has 18 heavy (non-hydrogen) atoms. The van der Waals surface area contributed by atoms with Crippen LogP contribution in [0.3, 0.4) is 0 Å². The third kappa shape index (κ3) is 4.40. The summed E-state index contributed by atoms with van der Waals surface area (Å²) in [5.41, 5.74) is 4.85. The fraction of sp³-hybridized carbons (Fsp3) is 0.333. The summed E-state index contributed by atoms with van der Waals surface area (Å²) in [4.78, 5) is 22.0. The molecule has 0 spiro atoms. The Morgan fingerprint density at radius 3 is 2.72 bits per heavy atom. The van der Waals surface area contributed by atoms with Crippen molar-refractivity contribution < 1.29 is 19.1 Å². The summed E-state index contributed by atoms with van der Waals surface area (Å²) in [6.45, 7) is 0.335. The average Bonchev–Trinajstić information content (AvgIpc) is 2.31. The molecule has 5 nitrogen and oxygen atoms in total. The van der Waals surface area contributed by atoms with E-state index in [4.69, 9.17) is 5.73 Å². The molecule has 1 aromatic carbocycles. The highest BCUT2D eigenvalue weighted by atomic mass is 19.1. The summed E-state index contributed by atoms with van der Waals surface area (Å²) >= 11 is 0. The first-order valence-electron chi connectivity index (χ1n) is 5.55. The number of carbonyl (C=O) groups is 2. The first-order valence-corrected chi connectivity index (χ1v) is 5.55. The molecule has 1 rings (SSSR count). The number of aromatic hydroxyl groups is 1. The van der Waals surface area contributed by atoms with E-state index in [2.05, 4.69) is 5.32 Å². The SMILES string of the molecule is NC(=O)CCCCNC(=O)c1cc(F)ccc1O. The highest BCUT2D eigenvalue weighted by Crippen LogP contribution is 2.17. The van der Waals surface area contributed by atoms with Gasteiger partial charge >= 0.3 is 0 Å². The fourth-order valence-electron chi connectivity index (χ4n) is 1.41. The molecular formula is C12H15FN2O3. The van der Waals surface area contributed by atoms with Crippen molar-refractivity contribution in [2.75, 3.05) is 6.54 Å². The van der Waals surface area contributed by atoms with Crippen molar-refractivity contribution in [3.8, 4) is 5.75 Å². The summed E-state index contributed by atoms with van der Waals surface area (Å²) in [6, 6.07) is 3.16. The van der Waals surface area contributed by atoms with Crippen molar-refractivity contribution >= 4 is 11.8 Å². The lowest BCUT2D eigenvalue weighted by Gasteiger charge is -2.06. The van der Waals surface area contributed by atoms with Crippen molar-refractivity contribution in [1.82, 2.24) is 5.32 Å². The largest absolute Gasteiger partial charge is 0.507 e. The Morgan fingerprint density at radius 2 is 2.06 bits per heavy atom. The number of phenolic OH excluding ortho intramolecular Hbond substituents is 1. The molecule has 0 atom stereocenters. The number of primary amides is 1. The van der Waals surface area contributed by atoms with E-state index in [1.54, 1.807) is 0 Å². The number of hydrogen-bond donors (Lipinski definition) is 3. The molecule has 1 aromatic rings. The first kappa shape index (κ1) is 14.0. The molecule has 4 N–H and O–H groups in total. The second-order valence-electron chi connectivity index (χ2n) is 3.84. The van der Waals surface area contributed by atoms with Crippen molar-refractivity contribution in [3.63, 3.8) is 0 Å². The van der Waals surface area contributed by atoms with E-state index in [0.29, 0.717) is 19.4 Å². The third-order valence-electron chi connectivity index (χ3n) is 2.34. The maximum atomic E-state index is 12.9. The number of unbranched alkanes of at least 4 members (excludes halogenated alkanes) is 1. The zero-order valence-corrected chi connectivity index (χ0v) is 9.78. The molecule has 0 aliphatic rings. The molecule has 0 radical (unpaired) electrons. The molecule has 0 aromatic heterocycles. The molecule has 0 aliphatic carbocycles. The lowest BCUT2D eigenvalue weighted by atomic mass is 10.1. The molecule has 6 heteroatoms. The number of halogens is 1. The van der Waals surface area contributed by atoms with Crippen LogP contribution in [0, 0.1) is 5.82 Å². The summed E-state index contributed by atoms with van der Waals surface area (Å²) in [5.74, 6) is -1.80. The Balaban J connectivity index is 2.41. The van der Waals surface area contributed by atoms with Gasteiger partial charge in [0, 0.05) is 13.0 Å². The summed E-state index contributed by atoms with van der Waals surface area (Å²) in [5, 5.41) is 11.9. The normalized spacial score (nSPS) is 10.1. The number of rotatable bonds is 6. The van der Waals surface area contributed by atoms with Gasteiger partial charge in [-0.1, -0.05) is 0 Å². The van der Waals surface area contributed by atoms with Gasteiger partial charge < -0.3 is 16.2 Å². The van der Waals surface area contributed by atoms with Gasteiger partial charge in [0.2, 0.25) is 5.91 Å². The van der Waals surface area contributed by atoms with Gasteiger partial charge in [-0.15, -0.1) is 0 Å². The van der Waals surface area contributed by atoms with Crippen LogP contribution in [0.2, 0.25) is 0 Å². The molecule has 0 fully saturated rings. The van der Waals surface area contributed by atoms with Crippen LogP contribution < -0.4 is 11.1 Å². The third-order valence-corrected chi connectivity index (χ3v) is 2.34. The number of hydrogen-bond acceptors (Lipinski definition) is 3. The highest BCUT2D eigenvalue weighted by Gasteiger charge is 2.11. The summed E-state index contributed by atoms with van der Waals surface area (Å²) in [7, 11) is 0. The quantitative estimate of drug-likeness (QED) is 0.659. The number of nitrogens with one attached hydrogen (secondary N) is 1. The van der Waals surface area contributed by atoms with E-state index in [1.807, 2.05) is 0 Å². The van der Waals surface area contributed by atoms with Crippen molar-refractivity contribution in [2.24, 2.45) is 5.73 Å². The zero-order valence-electron chi connectivity index (χ0n) is 9.78. The molecule has 2 amide bonds. The van der Waals surface area contributed by atoms with Gasteiger partial charge in [-0.25, -0.2) is 4.39 Å². The molecule has 0 aliphatic heterocycles. The standard InChI is InChI=1S/C12H15FN2O3/c13-8-4-5-10(16)9(7-8)12(18)15-6-2-1-3-11(14)17/h4-5,7,16H,1-3,6H2,(H2,14,17)(H,15,18). The predicted molar refractivity (Wildman–Crippen MR) is 63.4 cm³/mol. The summed E-state index contributed by atoms with van der Waals surface area (Å²) in [6.07, 6.45) is 1.43. The average molecular weight is 254 g/mol.